The molecule has 100 valence electrons. The van der Waals surface area contributed by atoms with Gasteiger partial charge in [0.1, 0.15) is 12.5 Å². The van der Waals surface area contributed by atoms with Crippen molar-refractivity contribution in [1.29, 1.82) is 0 Å². The number of hydrogen-bond donors (Lipinski definition) is 0. The summed E-state index contributed by atoms with van der Waals surface area (Å²) in [6.07, 6.45) is 0. The number of rotatable bonds is 3. The van der Waals surface area contributed by atoms with Gasteiger partial charge in [0.25, 0.3) is 0 Å². The van der Waals surface area contributed by atoms with Crippen LogP contribution in [-0.2, 0) is 15.6 Å². The average Bonchev–Trinajstić information content (AvgIpc) is 2.49. The van der Waals surface area contributed by atoms with Crippen LogP contribution in [0.15, 0.2) is 58.3 Å². The minimum Gasteiger partial charge on any atom is -0.497 e. The molecule has 0 N–H and O–H groups in total. The quantitative estimate of drug-likeness (QED) is 0.865. The predicted octanol–water partition coefficient (Wildman–Crippen LogP) is 2.99. The third kappa shape index (κ3) is 4.03. The van der Waals surface area contributed by atoms with Crippen molar-refractivity contribution in [3.63, 3.8) is 0 Å². The van der Waals surface area contributed by atoms with Crippen LogP contribution in [0, 0.1) is 6.92 Å². The van der Waals surface area contributed by atoms with Gasteiger partial charge >= 0.3 is 0 Å². The summed E-state index contributed by atoms with van der Waals surface area (Å²) >= 11 is 0. The third-order valence-electron chi connectivity index (χ3n) is 2.51. The van der Waals surface area contributed by atoms with Gasteiger partial charge in [0.05, 0.1) is 17.9 Å². The topological polar surface area (TPSA) is 43.4 Å². The maximum atomic E-state index is 12.2. The zero-order chi connectivity index (χ0) is 14.3. The Balaban J connectivity index is 0.000000861. The molecule has 0 aliphatic carbocycles. The van der Waals surface area contributed by atoms with E-state index in [4.69, 9.17) is 9.53 Å². The van der Waals surface area contributed by atoms with Crippen molar-refractivity contribution in [3.8, 4) is 5.75 Å². The molecule has 0 radical (unpaired) electrons. The molecule has 0 heterocycles. The van der Waals surface area contributed by atoms with Crippen LogP contribution >= 0.6 is 0 Å². The second-order valence-corrected chi connectivity index (χ2v) is 5.24. The molecule has 2 aromatic carbocycles. The highest BCUT2D eigenvalue weighted by Gasteiger charge is 2.06. The third-order valence-corrected chi connectivity index (χ3v) is 3.91. The molecule has 19 heavy (non-hydrogen) atoms. The number of hydrogen-bond acceptors (Lipinski definition) is 3. The average molecular weight is 276 g/mol. The van der Waals surface area contributed by atoms with E-state index >= 15 is 0 Å². The van der Waals surface area contributed by atoms with Crippen molar-refractivity contribution >= 4 is 17.6 Å². The summed E-state index contributed by atoms with van der Waals surface area (Å²) in [5, 5.41) is 0. The maximum absolute atomic E-state index is 12.2. The molecule has 4 heteroatoms. The van der Waals surface area contributed by atoms with Gasteiger partial charge in [-0.3, -0.25) is 0 Å². The number of carbonyl (C=O) groups is 1. The van der Waals surface area contributed by atoms with Gasteiger partial charge in [-0.05, 0) is 43.3 Å². The first-order chi connectivity index (χ1) is 9.20. The first kappa shape index (κ1) is 15.1. The Morgan fingerprint density at radius 2 is 1.32 bits per heavy atom. The lowest BCUT2D eigenvalue weighted by atomic mass is 10.2. The second-order valence-electron chi connectivity index (χ2n) is 3.76. The summed E-state index contributed by atoms with van der Waals surface area (Å²) < 4.78 is 17.3. The highest BCUT2D eigenvalue weighted by molar-refractivity contribution is 7.85. The minimum atomic E-state index is -1.12. The Labute approximate surface area is 115 Å². The molecule has 0 bridgehead atoms. The van der Waals surface area contributed by atoms with Gasteiger partial charge in [-0.2, -0.15) is 0 Å². The van der Waals surface area contributed by atoms with Gasteiger partial charge in [-0.15, -0.1) is 0 Å². The first-order valence-electron chi connectivity index (χ1n) is 5.62. The summed E-state index contributed by atoms with van der Waals surface area (Å²) in [4.78, 5) is 9.61. The molecule has 2 aromatic rings. The lowest BCUT2D eigenvalue weighted by Gasteiger charge is -2.04. The van der Waals surface area contributed by atoms with Gasteiger partial charge < -0.3 is 9.53 Å². The van der Waals surface area contributed by atoms with E-state index in [1.54, 1.807) is 7.11 Å². The van der Waals surface area contributed by atoms with Crippen LogP contribution in [0.25, 0.3) is 0 Å². The van der Waals surface area contributed by atoms with Crippen molar-refractivity contribution < 1.29 is 13.7 Å². The fourth-order valence-corrected chi connectivity index (χ4v) is 2.54. The largest absolute Gasteiger partial charge is 0.497 e. The number of aryl methyl sites for hydroxylation is 1. The molecular formula is C15H16O3S. The van der Waals surface area contributed by atoms with E-state index in [-0.39, 0.29) is 0 Å². The van der Waals surface area contributed by atoms with Crippen LogP contribution in [0.2, 0.25) is 0 Å². The molecule has 1 atom stereocenters. The van der Waals surface area contributed by atoms with E-state index in [1.165, 1.54) is 5.56 Å². The lowest BCUT2D eigenvalue weighted by Crippen LogP contribution is -1.93. The fraction of sp³-hybridized carbons (Fsp3) is 0.133. The van der Waals surface area contributed by atoms with Gasteiger partial charge in [-0.1, -0.05) is 17.7 Å². The Morgan fingerprint density at radius 3 is 1.74 bits per heavy atom. The highest BCUT2D eigenvalue weighted by atomic mass is 32.2. The maximum Gasteiger partial charge on any atom is 0.118 e. The van der Waals surface area contributed by atoms with E-state index < -0.39 is 10.8 Å². The summed E-state index contributed by atoms with van der Waals surface area (Å²) in [6, 6.07) is 15.0. The van der Waals surface area contributed by atoms with Crippen LogP contribution in [0.4, 0.5) is 0 Å². The Morgan fingerprint density at radius 1 is 0.895 bits per heavy atom. The standard InChI is InChI=1S/C14H14O2S.CH2O/c1-11-3-7-13(8-4-11)17(15)14-9-5-12(16-2)6-10-14;1-2/h3-10H,1-2H3;1H2. The van der Waals surface area contributed by atoms with E-state index in [0.29, 0.717) is 0 Å². The Kier molecular flexibility index (Phi) is 5.96. The van der Waals surface area contributed by atoms with Crippen molar-refractivity contribution in [3.05, 3.63) is 54.1 Å². The number of carbonyl (C=O) groups excluding carboxylic acids is 1. The Bertz CT molecular complexity index is 532. The number of methoxy groups -OCH3 is 1. The number of ether oxygens (including phenoxy) is 1. The van der Waals surface area contributed by atoms with Crippen molar-refractivity contribution in [2.24, 2.45) is 0 Å². The van der Waals surface area contributed by atoms with E-state index in [0.717, 1.165) is 15.5 Å². The molecule has 0 spiro atoms. The summed E-state index contributed by atoms with van der Waals surface area (Å²) in [7, 11) is 0.496. The highest BCUT2D eigenvalue weighted by Crippen LogP contribution is 2.19. The van der Waals surface area contributed by atoms with Crippen molar-refractivity contribution in [2.45, 2.75) is 16.7 Å². The van der Waals surface area contributed by atoms with E-state index in [1.807, 2.05) is 62.2 Å². The van der Waals surface area contributed by atoms with Crippen molar-refractivity contribution in [1.82, 2.24) is 0 Å². The summed E-state index contributed by atoms with van der Waals surface area (Å²) in [5.74, 6) is 0.773. The molecule has 1 unspecified atom stereocenters. The van der Waals surface area contributed by atoms with Crippen LogP contribution in [0.5, 0.6) is 5.75 Å². The second kappa shape index (κ2) is 7.48. The fourth-order valence-electron chi connectivity index (χ4n) is 1.50. The first-order valence-corrected chi connectivity index (χ1v) is 6.77. The van der Waals surface area contributed by atoms with E-state index in [9.17, 15) is 4.21 Å². The molecule has 0 aliphatic rings. The molecular weight excluding hydrogens is 260 g/mol. The van der Waals surface area contributed by atoms with Gasteiger partial charge in [0.2, 0.25) is 0 Å². The minimum absolute atomic E-state index is 0.773. The Hall–Kier alpha value is -1.94. The van der Waals surface area contributed by atoms with Crippen LogP contribution in [0.1, 0.15) is 5.56 Å². The zero-order valence-electron chi connectivity index (χ0n) is 11.0. The van der Waals surface area contributed by atoms with Gasteiger partial charge in [0, 0.05) is 9.79 Å². The molecule has 0 aliphatic heterocycles. The van der Waals surface area contributed by atoms with Gasteiger partial charge in [0.15, 0.2) is 0 Å². The normalized spacial score (nSPS) is 11.1. The predicted molar refractivity (Wildman–Crippen MR) is 76.0 cm³/mol. The van der Waals surface area contributed by atoms with Gasteiger partial charge in [-0.25, -0.2) is 4.21 Å². The lowest BCUT2D eigenvalue weighted by molar-refractivity contribution is -0.0979. The molecule has 2 rings (SSSR count). The molecule has 0 fully saturated rings. The van der Waals surface area contributed by atoms with E-state index in [2.05, 4.69) is 0 Å². The molecule has 3 nitrogen and oxygen atoms in total. The van der Waals surface area contributed by atoms with Crippen molar-refractivity contribution in [2.75, 3.05) is 7.11 Å². The number of benzene rings is 2. The monoisotopic (exact) mass is 276 g/mol. The zero-order valence-corrected chi connectivity index (χ0v) is 11.8. The smallest absolute Gasteiger partial charge is 0.118 e. The molecule has 0 saturated carbocycles. The van der Waals surface area contributed by atoms with Crippen LogP contribution < -0.4 is 4.74 Å². The van der Waals surface area contributed by atoms with Crippen LogP contribution in [-0.4, -0.2) is 18.1 Å². The summed E-state index contributed by atoms with van der Waals surface area (Å²) in [6.45, 7) is 4.01. The summed E-state index contributed by atoms with van der Waals surface area (Å²) in [5.41, 5.74) is 1.17. The molecule has 0 amide bonds. The SMILES string of the molecule is C=O.COc1ccc(S(=O)c2ccc(C)cc2)cc1. The molecule has 0 aromatic heterocycles. The van der Waals surface area contributed by atoms with Crippen LogP contribution in [0.3, 0.4) is 0 Å². The molecule has 0 saturated heterocycles.